The molecule has 3 rings (SSSR count). The van der Waals surface area contributed by atoms with E-state index in [0.29, 0.717) is 37.4 Å². The van der Waals surface area contributed by atoms with Gasteiger partial charge in [-0.05, 0) is 31.1 Å². The summed E-state index contributed by atoms with van der Waals surface area (Å²) in [6.07, 6.45) is 12.6. The summed E-state index contributed by atoms with van der Waals surface area (Å²) in [6, 6.07) is 0.408. The van der Waals surface area contributed by atoms with Crippen molar-refractivity contribution in [2.24, 2.45) is 16.8 Å². The summed E-state index contributed by atoms with van der Waals surface area (Å²) in [4.78, 5) is 23.0. The van der Waals surface area contributed by atoms with Crippen molar-refractivity contribution in [3.8, 4) is 0 Å². The first-order chi connectivity index (χ1) is 13.2. The number of nitrogens with one attached hydrogen (secondary N) is 2. The van der Waals surface area contributed by atoms with E-state index in [1.807, 2.05) is 25.8 Å². The molecule has 2 N–H and O–H groups in total. The molecule has 1 amide bonds. The second-order valence-electron chi connectivity index (χ2n) is 7.97. The number of carbonyl (C=O) groups excluding carboxylic acids is 1. The lowest BCUT2D eigenvalue weighted by Crippen LogP contribution is -2.50. The Kier molecular flexibility index (Phi) is 9.53. The minimum absolute atomic E-state index is 0. The van der Waals surface area contributed by atoms with Crippen molar-refractivity contribution in [2.75, 3.05) is 33.2 Å². The van der Waals surface area contributed by atoms with E-state index in [1.54, 1.807) is 0 Å². The van der Waals surface area contributed by atoms with Crippen LogP contribution in [0.3, 0.4) is 0 Å². The number of amides is 1. The molecule has 0 bridgehead atoms. The number of aliphatic imine (C=N–C) groups is 1. The third-order valence-corrected chi connectivity index (χ3v) is 6.02. The quantitative estimate of drug-likeness (QED) is 0.272. The first-order valence-electron chi connectivity index (χ1n) is 10.4. The summed E-state index contributed by atoms with van der Waals surface area (Å²) in [6.45, 7) is 5.56. The molecular weight excluding hydrogens is 467 g/mol. The molecule has 0 spiro atoms. The minimum Gasteiger partial charge on any atom is -0.354 e. The first-order valence-corrected chi connectivity index (χ1v) is 10.4. The molecule has 2 heterocycles. The number of halogens is 1. The Labute approximate surface area is 185 Å². The number of rotatable bonds is 6. The van der Waals surface area contributed by atoms with Gasteiger partial charge in [0.05, 0.1) is 12.4 Å². The number of piperidine rings is 1. The highest BCUT2D eigenvalue weighted by molar-refractivity contribution is 14.0. The minimum atomic E-state index is 0. The van der Waals surface area contributed by atoms with Crippen molar-refractivity contribution < 1.29 is 4.79 Å². The molecule has 1 aromatic heterocycles. The van der Waals surface area contributed by atoms with Crippen molar-refractivity contribution in [1.82, 2.24) is 25.1 Å². The van der Waals surface area contributed by atoms with Crippen molar-refractivity contribution in [1.29, 1.82) is 0 Å². The fourth-order valence-corrected chi connectivity index (χ4v) is 4.35. The van der Waals surface area contributed by atoms with Crippen LogP contribution >= 0.6 is 24.0 Å². The predicted octanol–water partition coefficient (Wildman–Crippen LogP) is 2.66. The van der Waals surface area contributed by atoms with Crippen molar-refractivity contribution in [3.63, 3.8) is 0 Å². The molecule has 0 aromatic carbocycles. The smallest absolute Gasteiger partial charge is 0.220 e. The number of aromatic nitrogens is 2. The van der Waals surface area contributed by atoms with Gasteiger partial charge in [-0.1, -0.05) is 19.8 Å². The van der Waals surface area contributed by atoms with Crippen LogP contribution in [0.4, 0.5) is 0 Å². The number of likely N-dealkylation sites (tertiary alicyclic amines) is 1. The van der Waals surface area contributed by atoms with Crippen LogP contribution in [0.5, 0.6) is 0 Å². The number of hydrogen-bond acceptors (Lipinski definition) is 3. The lowest BCUT2D eigenvalue weighted by Gasteiger charge is -2.39. The van der Waals surface area contributed by atoms with Gasteiger partial charge in [-0.2, -0.15) is 0 Å². The normalized spacial score (nSPS) is 23.4. The summed E-state index contributed by atoms with van der Waals surface area (Å²) in [5.74, 6) is 2.31. The van der Waals surface area contributed by atoms with Gasteiger partial charge in [0, 0.05) is 52.0 Å². The molecule has 1 aliphatic carbocycles. The highest BCUT2D eigenvalue weighted by atomic mass is 127. The molecule has 1 aromatic rings. The van der Waals surface area contributed by atoms with E-state index in [1.165, 1.54) is 25.7 Å². The van der Waals surface area contributed by atoms with Crippen molar-refractivity contribution in [3.05, 3.63) is 18.7 Å². The second kappa shape index (κ2) is 11.6. The molecule has 158 valence electrons. The van der Waals surface area contributed by atoms with E-state index in [0.717, 1.165) is 25.5 Å². The summed E-state index contributed by atoms with van der Waals surface area (Å²) >= 11 is 0. The Hall–Kier alpha value is -1.32. The number of nitrogens with zero attached hydrogens (tertiary/aromatic N) is 4. The van der Waals surface area contributed by atoms with Crippen LogP contribution in [0.1, 0.15) is 51.5 Å². The molecular formula is C20H35IN6O. The zero-order valence-corrected chi connectivity index (χ0v) is 19.5. The van der Waals surface area contributed by atoms with Gasteiger partial charge in [-0.25, -0.2) is 4.98 Å². The Bertz CT molecular complexity index is 614. The van der Waals surface area contributed by atoms with E-state index in [9.17, 15) is 4.79 Å². The van der Waals surface area contributed by atoms with E-state index in [-0.39, 0.29) is 29.9 Å². The average Bonchev–Trinajstić information content (AvgIpc) is 3.36. The Morgan fingerprint density at radius 1 is 1.21 bits per heavy atom. The highest BCUT2D eigenvalue weighted by Gasteiger charge is 2.28. The largest absolute Gasteiger partial charge is 0.354 e. The topological polar surface area (TPSA) is 74.6 Å². The van der Waals surface area contributed by atoms with Gasteiger partial charge in [0.2, 0.25) is 5.91 Å². The second-order valence-corrected chi connectivity index (χ2v) is 7.97. The van der Waals surface area contributed by atoms with E-state index < -0.39 is 0 Å². The van der Waals surface area contributed by atoms with Crippen LogP contribution < -0.4 is 10.6 Å². The molecule has 2 fully saturated rings. The molecule has 7 nitrogen and oxygen atoms in total. The Morgan fingerprint density at radius 2 is 1.96 bits per heavy atom. The van der Waals surface area contributed by atoms with Gasteiger partial charge in [0.1, 0.15) is 0 Å². The van der Waals surface area contributed by atoms with Crippen LogP contribution in [0.15, 0.2) is 23.7 Å². The van der Waals surface area contributed by atoms with Gasteiger partial charge in [0.15, 0.2) is 5.96 Å². The fraction of sp³-hybridized carbons (Fsp3) is 0.750. The molecule has 2 aliphatic rings. The SMILES string of the molecule is CN=C(NCCNC(=O)CC1CCCC1)N1CCC(C)C(n2ccnc2)C1.I. The number of carbonyl (C=O) groups is 1. The van der Waals surface area contributed by atoms with Crippen molar-refractivity contribution >= 4 is 35.8 Å². The Morgan fingerprint density at radius 3 is 2.64 bits per heavy atom. The molecule has 8 heteroatoms. The van der Waals surface area contributed by atoms with Gasteiger partial charge >= 0.3 is 0 Å². The molecule has 28 heavy (non-hydrogen) atoms. The standard InChI is InChI=1S/C20H34N6O.HI/c1-16-7-11-25(14-18(16)26-12-10-22-15-26)20(21-2)24-9-8-23-19(27)13-17-5-3-4-6-17;/h10,12,15-18H,3-9,11,13-14H2,1-2H3,(H,21,24)(H,23,27);1H. The summed E-state index contributed by atoms with van der Waals surface area (Å²) < 4.78 is 2.20. The molecule has 2 atom stereocenters. The maximum Gasteiger partial charge on any atom is 0.220 e. The fourth-order valence-electron chi connectivity index (χ4n) is 4.35. The van der Waals surface area contributed by atoms with Crippen LogP contribution in [0.2, 0.25) is 0 Å². The average molecular weight is 502 g/mol. The number of imidazole rings is 1. The maximum absolute atomic E-state index is 12.0. The van der Waals surface area contributed by atoms with Crippen molar-refractivity contribution in [2.45, 2.75) is 51.5 Å². The predicted molar refractivity (Wildman–Crippen MR) is 123 cm³/mol. The first kappa shape index (κ1) is 23.0. The number of hydrogen-bond donors (Lipinski definition) is 2. The van der Waals surface area contributed by atoms with Gasteiger partial charge in [0.25, 0.3) is 0 Å². The van der Waals surface area contributed by atoms with Crippen LogP contribution in [0.25, 0.3) is 0 Å². The van der Waals surface area contributed by atoms with E-state index in [4.69, 9.17) is 0 Å². The third-order valence-electron chi connectivity index (χ3n) is 6.02. The lowest BCUT2D eigenvalue weighted by molar-refractivity contribution is -0.121. The highest BCUT2D eigenvalue weighted by Crippen LogP contribution is 2.28. The van der Waals surface area contributed by atoms with Gasteiger partial charge < -0.3 is 20.1 Å². The van der Waals surface area contributed by atoms with Gasteiger partial charge in [-0.15, -0.1) is 24.0 Å². The zero-order chi connectivity index (χ0) is 19.1. The number of guanidine groups is 1. The molecule has 0 radical (unpaired) electrons. The molecule has 2 unspecified atom stereocenters. The van der Waals surface area contributed by atoms with Crippen LogP contribution in [-0.4, -0.2) is 59.5 Å². The zero-order valence-electron chi connectivity index (χ0n) is 17.1. The monoisotopic (exact) mass is 502 g/mol. The maximum atomic E-state index is 12.0. The Balaban J connectivity index is 0.00000280. The lowest BCUT2D eigenvalue weighted by atomic mass is 9.93. The molecule has 1 saturated carbocycles. The molecule has 1 aliphatic heterocycles. The summed E-state index contributed by atoms with van der Waals surface area (Å²) in [7, 11) is 1.82. The molecule has 1 saturated heterocycles. The van der Waals surface area contributed by atoms with E-state index >= 15 is 0 Å². The summed E-state index contributed by atoms with van der Waals surface area (Å²) in [5.41, 5.74) is 0. The van der Waals surface area contributed by atoms with Crippen LogP contribution in [0, 0.1) is 11.8 Å². The summed E-state index contributed by atoms with van der Waals surface area (Å²) in [5, 5.41) is 6.45. The third kappa shape index (κ3) is 6.35. The van der Waals surface area contributed by atoms with Gasteiger partial charge in [-0.3, -0.25) is 9.79 Å². The van der Waals surface area contributed by atoms with E-state index in [2.05, 4.69) is 37.0 Å². The van der Waals surface area contributed by atoms with Crippen LogP contribution in [-0.2, 0) is 4.79 Å².